The van der Waals surface area contributed by atoms with Gasteiger partial charge >= 0.3 is 5.97 Å². The van der Waals surface area contributed by atoms with E-state index in [0.29, 0.717) is 26.0 Å². The predicted octanol–water partition coefficient (Wildman–Crippen LogP) is 2.27. The highest BCUT2D eigenvalue weighted by Crippen LogP contribution is 2.35. The number of hydrogen-bond donors (Lipinski definition) is 1. The smallest absolute Gasteiger partial charge is 0.328 e. The molecule has 0 bridgehead atoms. The highest BCUT2D eigenvalue weighted by molar-refractivity contribution is 5.81. The third-order valence-corrected chi connectivity index (χ3v) is 3.57. The lowest BCUT2D eigenvalue weighted by molar-refractivity contribution is -0.144. The van der Waals surface area contributed by atoms with Gasteiger partial charge in [-0.05, 0) is 25.8 Å². The Kier molecular flexibility index (Phi) is 4.43. The van der Waals surface area contributed by atoms with Crippen molar-refractivity contribution in [2.45, 2.75) is 38.8 Å². The molecule has 1 heterocycles. The summed E-state index contributed by atoms with van der Waals surface area (Å²) in [5.74, 6) is -0.184. The summed E-state index contributed by atoms with van der Waals surface area (Å²) in [4.78, 5) is 14.1. The molecule has 4 heteroatoms. The highest BCUT2D eigenvalue weighted by Gasteiger charge is 2.31. The number of carbonyl (C=O) groups is 1. The van der Waals surface area contributed by atoms with Gasteiger partial charge in [0, 0.05) is 17.8 Å². The molecule has 2 rings (SSSR count). The summed E-state index contributed by atoms with van der Waals surface area (Å²) in [5.41, 5.74) is 1.85. The summed E-state index contributed by atoms with van der Waals surface area (Å²) < 4.78 is 5.15. The zero-order chi connectivity index (χ0) is 13.8. The number of esters is 1. The maximum atomic E-state index is 12.0. The minimum atomic E-state index is -0.438. The molecule has 104 valence electrons. The summed E-state index contributed by atoms with van der Waals surface area (Å²) in [6.45, 7) is 4.87. The Labute approximate surface area is 114 Å². The lowest BCUT2D eigenvalue weighted by atomic mass is 9.97. The van der Waals surface area contributed by atoms with Gasteiger partial charge in [0.1, 0.15) is 6.04 Å². The number of rotatable bonds is 4. The first-order valence-corrected chi connectivity index (χ1v) is 6.89. The van der Waals surface area contributed by atoms with Crippen LogP contribution < -0.4 is 4.90 Å². The van der Waals surface area contributed by atoms with E-state index in [0.717, 1.165) is 11.3 Å². The van der Waals surface area contributed by atoms with Gasteiger partial charge in [-0.25, -0.2) is 4.79 Å². The second-order valence-electron chi connectivity index (χ2n) is 4.73. The van der Waals surface area contributed by atoms with Gasteiger partial charge in [0.2, 0.25) is 0 Å². The first-order valence-electron chi connectivity index (χ1n) is 6.89. The lowest BCUT2D eigenvalue weighted by Crippen LogP contribution is -2.45. The average Bonchev–Trinajstić information content (AvgIpc) is 2.43. The van der Waals surface area contributed by atoms with Crippen LogP contribution in [0.15, 0.2) is 24.3 Å². The lowest BCUT2D eigenvalue weighted by Gasteiger charge is -2.37. The molecule has 0 saturated carbocycles. The van der Waals surface area contributed by atoms with E-state index in [1.807, 2.05) is 38.1 Å². The van der Waals surface area contributed by atoms with Crippen LogP contribution in [0, 0.1) is 0 Å². The number of para-hydroxylation sites is 1. The van der Waals surface area contributed by atoms with Crippen LogP contribution >= 0.6 is 0 Å². The molecule has 0 radical (unpaired) electrons. The van der Waals surface area contributed by atoms with Crippen molar-refractivity contribution in [2.24, 2.45) is 0 Å². The number of anilines is 1. The molecule has 0 saturated heterocycles. The van der Waals surface area contributed by atoms with E-state index in [-0.39, 0.29) is 12.0 Å². The fourth-order valence-corrected chi connectivity index (χ4v) is 2.64. The molecule has 1 aliphatic rings. The third kappa shape index (κ3) is 2.73. The van der Waals surface area contributed by atoms with Gasteiger partial charge < -0.3 is 14.7 Å². The van der Waals surface area contributed by atoms with Crippen molar-refractivity contribution in [3.8, 4) is 0 Å². The number of ether oxygens (including phenoxy) is 1. The Balaban J connectivity index is 2.30. The van der Waals surface area contributed by atoms with Crippen LogP contribution in [0.3, 0.4) is 0 Å². The molecule has 1 aromatic rings. The van der Waals surface area contributed by atoms with Crippen LogP contribution in [0.4, 0.5) is 5.69 Å². The molecular weight excluding hydrogens is 242 g/mol. The van der Waals surface area contributed by atoms with E-state index >= 15 is 0 Å². The number of fused-ring (bicyclic) bond motifs is 1. The molecule has 1 N–H and O–H groups in total. The van der Waals surface area contributed by atoms with Crippen molar-refractivity contribution in [1.29, 1.82) is 0 Å². The molecule has 1 aliphatic heterocycles. The first kappa shape index (κ1) is 13.9. The van der Waals surface area contributed by atoms with Crippen molar-refractivity contribution in [1.82, 2.24) is 0 Å². The van der Waals surface area contributed by atoms with E-state index < -0.39 is 6.10 Å². The normalized spacial score (nSPS) is 19.7. The van der Waals surface area contributed by atoms with E-state index in [1.54, 1.807) is 0 Å². The molecule has 0 amide bonds. The number of benzene rings is 1. The summed E-state index contributed by atoms with van der Waals surface area (Å²) in [5, 5.41) is 10.0. The summed E-state index contributed by atoms with van der Waals surface area (Å²) in [7, 11) is 0. The van der Waals surface area contributed by atoms with Crippen LogP contribution in [0.2, 0.25) is 0 Å². The Hall–Kier alpha value is -1.55. The maximum absolute atomic E-state index is 12.0. The van der Waals surface area contributed by atoms with Gasteiger partial charge in [-0.3, -0.25) is 0 Å². The topological polar surface area (TPSA) is 49.8 Å². The first-order chi connectivity index (χ1) is 9.19. The maximum Gasteiger partial charge on any atom is 0.328 e. The van der Waals surface area contributed by atoms with Gasteiger partial charge in [0.05, 0.1) is 12.7 Å². The number of aliphatic hydroxyl groups excluding tert-OH is 1. The van der Waals surface area contributed by atoms with Gasteiger partial charge in [0.25, 0.3) is 0 Å². The third-order valence-electron chi connectivity index (χ3n) is 3.57. The van der Waals surface area contributed by atoms with Crippen LogP contribution in [-0.4, -0.2) is 30.3 Å². The Morgan fingerprint density at radius 3 is 2.89 bits per heavy atom. The van der Waals surface area contributed by atoms with Crippen molar-refractivity contribution in [3.05, 3.63) is 29.8 Å². The average molecular weight is 263 g/mol. The van der Waals surface area contributed by atoms with E-state index in [1.165, 1.54) is 0 Å². The quantitative estimate of drug-likeness (QED) is 0.847. The second-order valence-corrected chi connectivity index (χ2v) is 4.73. The van der Waals surface area contributed by atoms with Crippen LogP contribution in [-0.2, 0) is 9.53 Å². The van der Waals surface area contributed by atoms with E-state index in [4.69, 9.17) is 4.74 Å². The molecule has 1 aromatic carbocycles. The zero-order valence-electron chi connectivity index (χ0n) is 11.5. The van der Waals surface area contributed by atoms with Crippen molar-refractivity contribution in [3.63, 3.8) is 0 Å². The van der Waals surface area contributed by atoms with Crippen LogP contribution in [0.5, 0.6) is 0 Å². The fourth-order valence-electron chi connectivity index (χ4n) is 2.64. The molecule has 19 heavy (non-hydrogen) atoms. The molecule has 0 spiro atoms. The number of aliphatic hydroxyl groups is 1. The number of carbonyl (C=O) groups excluding carboxylic acids is 1. The molecule has 2 unspecified atom stereocenters. The molecule has 0 fully saturated rings. The largest absolute Gasteiger partial charge is 0.464 e. The summed E-state index contributed by atoms with van der Waals surface area (Å²) in [6.07, 6.45) is 0.906. The predicted molar refractivity (Wildman–Crippen MR) is 74.1 cm³/mol. The minimum Gasteiger partial charge on any atom is -0.464 e. The zero-order valence-corrected chi connectivity index (χ0v) is 11.5. The molecule has 0 aliphatic carbocycles. The fraction of sp³-hybridized carbons (Fsp3) is 0.533. The standard InChI is InChI=1S/C15H21NO3/c1-3-12(15(18)19-4-2)16-10-9-14(17)11-7-5-6-8-13(11)16/h5-8,12,14,17H,3-4,9-10H2,1-2H3. The van der Waals surface area contributed by atoms with Gasteiger partial charge in [-0.15, -0.1) is 0 Å². The SMILES string of the molecule is CCOC(=O)C(CC)N1CCC(O)c2ccccc21. The Morgan fingerprint density at radius 2 is 2.21 bits per heavy atom. The second kappa shape index (κ2) is 6.06. The van der Waals surface area contributed by atoms with Crippen LogP contribution in [0.1, 0.15) is 38.4 Å². The number of hydrogen-bond acceptors (Lipinski definition) is 4. The van der Waals surface area contributed by atoms with Crippen molar-refractivity contribution in [2.75, 3.05) is 18.1 Å². The summed E-state index contributed by atoms with van der Waals surface area (Å²) >= 11 is 0. The Bertz CT molecular complexity index is 447. The number of nitrogens with zero attached hydrogens (tertiary/aromatic N) is 1. The molecule has 4 nitrogen and oxygen atoms in total. The van der Waals surface area contributed by atoms with Gasteiger partial charge in [0.15, 0.2) is 0 Å². The van der Waals surface area contributed by atoms with Crippen LogP contribution in [0.25, 0.3) is 0 Å². The van der Waals surface area contributed by atoms with Crippen molar-refractivity contribution >= 4 is 11.7 Å². The van der Waals surface area contributed by atoms with Crippen molar-refractivity contribution < 1.29 is 14.6 Å². The van der Waals surface area contributed by atoms with Gasteiger partial charge in [-0.2, -0.15) is 0 Å². The monoisotopic (exact) mass is 263 g/mol. The highest BCUT2D eigenvalue weighted by atomic mass is 16.5. The molecule has 2 atom stereocenters. The minimum absolute atomic E-state index is 0.184. The van der Waals surface area contributed by atoms with E-state index in [9.17, 15) is 9.90 Å². The molecule has 0 aromatic heterocycles. The Morgan fingerprint density at radius 1 is 1.47 bits per heavy atom. The summed E-state index contributed by atoms with van der Waals surface area (Å²) in [6, 6.07) is 7.45. The van der Waals surface area contributed by atoms with Gasteiger partial charge in [-0.1, -0.05) is 25.1 Å². The van der Waals surface area contributed by atoms with E-state index in [2.05, 4.69) is 4.90 Å². The molecular formula is C15H21NO3.